The largest absolute Gasteiger partial charge is 0.416 e. The van der Waals surface area contributed by atoms with Crippen molar-refractivity contribution < 1.29 is 13.2 Å². The maximum Gasteiger partial charge on any atom is 0.416 e. The van der Waals surface area contributed by atoms with Crippen molar-refractivity contribution in [1.82, 2.24) is 0 Å². The number of halogens is 4. The van der Waals surface area contributed by atoms with Crippen LogP contribution in [-0.2, 0) is 6.18 Å². The van der Waals surface area contributed by atoms with Gasteiger partial charge in [-0.25, -0.2) is 0 Å². The van der Waals surface area contributed by atoms with Crippen LogP contribution in [0.4, 0.5) is 18.9 Å². The van der Waals surface area contributed by atoms with E-state index in [2.05, 4.69) is 17.5 Å². The normalized spacial score (nSPS) is 25.1. The zero-order valence-electron chi connectivity index (χ0n) is 12.6. The summed E-state index contributed by atoms with van der Waals surface area (Å²) >= 11 is 6.10. The van der Waals surface area contributed by atoms with E-state index in [0.717, 1.165) is 23.7 Å². The van der Waals surface area contributed by atoms with E-state index in [1.54, 1.807) is 18.2 Å². The fourth-order valence-corrected chi connectivity index (χ4v) is 4.08. The Labute approximate surface area is 143 Å². The highest BCUT2D eigenvalue weighted by Gasteiger charge is 2.42. The number of nitrogens with one attached hydrogen (secondary N) is 1. The van der Waals surface area contributed by atoms with Gasteiger partial charge in [-0.15, -0.1) is 0 Å². The van der Waals surface area contributed by atoms with Crippen LogP contribution in [0, 0.1) is 5.92 Å². The third-order valence-corrected chi connectivity index (χ3v) is 5.16. The molecule has 1 aliphatic carbocycles. The maximum absolute atomic E-state index is 13.4. The van der Waals surface area contributed by atoms with Crippen molar-refractivity contribution in [2.75, 3.05) is 5.32 Å². The average molecular weight is 350 g/mol. The van der Waals surface area contributed by atoms with Crippen molar-refractivity contribution in [1.29, 1.82) is 0 Å². The Kier molecular flexibility index (Phi) is 3.61. The summed E-state index contributed by atoms with van der Waals surface area (Å²) in [5, 5.41) is 3.97. The number of hydrogen-bond acceptors (Lipinski definition) is 1. The zero-order chi connectivity index (χ0) is 16.9. The maximum atomic E-state index is 13.4. The van der Waals surface area contributed by atoms with Crippen LogP contribution in [0.5, 0.6) is 0 Å². The Morgan fingerprint density at radius 2 is 1.83 bits per heavy atom. The lowest BCUT2D eigenvalue weighted by molar-refractivity contribution is -0.138. The van der Waals surface area contributed by atoms with E-state index in [4.69, 9.17) is 11.6 Å². The lowest BCUT2D eigenvalue weighted by atomic mass is 9.76. The van der Waals surface area contributed by atoms with Crippen LogP contribution < -0.4 is 5.32 Å². The summed E-state index contributed by atoms with van der Waals surface area (Å²) in [4.78, 5) is 0. The first kappa shape index (κ1) is 15.6. The molecule has 0 saturated carbocycles. The van der Waals surface area contributed by atoms with E-state index in [-0.39, 0.29) is 17.9 Å². The van der Waals surface area contributed by atoms with E-state index < -0.39 is 11.7 Å². The van der Waals surface area contributed by atoms with Crippen LogP contribution in [0.25, 0.3) is 0 Å². The van der Waals surface area contributed by atoms with Crippen LogP contribution in [0.3, 0.4) is 0 Å². The van der Waals surface area contributed by atoms with E-state index in [0.29, 0.717) is 10.6 Å². The van der Waals surface area contributed by atoms with Gasteiger partial charge in [0.1, 0.15) is 0 Å². The van der Waals surface area contributed by atoms with Crippen LogP contribution in [0.1, 0.15) is 35.1 Å². The lowest BCUT2D eigenvalue weighted by Gasteiger charge is -2.38. The summed E-state index contributed by atoms with van der Waals surface area (Å²) in [5.74, 6) is 0.144. The third-order valence-electron chi connectivity index (χ3n) is 4.93. The summed E-state index contributed by atoms with van der Waals surface area (Å²) in [7, 11) is 0. The Hall–Kier alpha value is -1.94. The molecule has 1 nitrogen and oxygen atoms in total. The molecule has 4 rings (SSSR count). The Balaban J connectivity index is 1.83. The molecule has 0 bridgehead atoms. The number of benzene rings is 2. The molecule has 2 aliphatic rings. The van der Waals surface area contributed by atoms with Gasteiger partial charge < -0.3 is 5.32 Å². The summed E-state index contributed by atoms with van der Waals surface area (Å²) < 4.78 is 40.3. The number of alkyl halides is 3. The van der Waals surface area contributed by atoms with Crippen molar-refractivity contribution in [3.05, 3.63) is 76.3 Å². The fraction of sp³-hybridized carbons (Fsp3) is 0.263. The molecule has 0 amide bonds. The molecular weight excluding hydrogens is 335 g/mol. The number of allylic oxidation sites excluding steroid dienone is 2. The minimum absolute atomic E-state index is 0.0551. The van der Waals surface area contributed by atoms with Crippen molar-refractivity contribution in [2.45, 2.75) is 24.6 Å². The first-order chi connectivity index (χ1) is 11.4. The zero-order valence-corrected chi connectivity index (χ0v) is 13.4. The van der Waals surface area contributed by atoms with Gasteiger partial charge in [-0.2, -0.15) is 13.2 Å². The molecular formula is C19H15ClF3N. The van der Waals surface area contributed by atoms with E-state index in [1.807, 2.05) is 12.1 Å². The second-order valence-corrected chi connectivity index (χ2v) is 6.73. The summed E-state index contributed by atoms with van der Waals surface area (Å²) in [6.45, 7) is 0. The molecule has 0 radical (unpaired) electrons. The Morgan fingerprint density at radius 3 is 2.62 bits per heavy atom. The number of fused-ring (bicyclic) bond motifs is 3. The van der Waals surface area contributed by atoms with Gasteiger partial charge >= 0.3 is 6.18 Å². The van der Waals surface area contributed by atoms with Crippen molar-refractivity contribution in [3.8, 4) is 0 Å². The van der Waals surface area contributed by atoms with E-state index in [1.165, 1.54) is 6.07 Å². The number of rotatable bonds is 1. The Morgan fingerprint density at radius 1 is 1.04 bits per heavy atom. The smallest absolute Gasteiger partial charge is 0.378 e. The molecule has 0 spiro atoms. The summed E-state index contributed by atoms with van der Waals surface area (Å²) in [6, 6.07) is 11.0. The first-order valence-electron chi connectivity index (χ1n) is 7.84. The predicted octanol–water partition coefficient (Wildman–Crippen LogP) is 6.19. The van der Waals surface area contributed by atoms with Gasteiger partial charge in [0.05, 0.1) is 11.6 Å². The van der Waals surface area contributed by atoms with Gasteiger partial charge in [0.15, 0.2) is 0 Å². The highest BCUT2D eigenvalue weighted by Crippen LogP contribution is 2.51. The molecule has 24 heavy (non-hydrogen) atoms. The van der Waals surface area contributed by atoms with Crippen LogP contribution >= 0.6 is 11.6 Å². The molecule has 0 aromatic heterocycles. The quantitative estimate of drug-likeness (QED) is 0.606. The molecule has 1 aliphatic heterocycles. The van der Waals surface area contributed by atoms with Gasteiger partial charge in [-0.05, 0) is 47.7 Å². The van der Waals surface area contributed by atoms with Gasteiger partial charge in [-0.1, -0.05) is 42.0 Å². The topological polar surface area (TPSA) is 12.0 Å². The van der Waals surface area contributed by atoms with Crippen LogP contribution in [-0.4, -0.2) is 0 Å². The molecule has 1 heterocycles. The molecule has 5 heteroatoms. The SMILES string of the molecule is FC(F)(F)c1ccccc1[C@@H]1Nc2ccc(Cl)cc2[C@H]2C=CC[C@@H]21. The van der Waals surface area contributed by atoms with Gasteiger partial charge in [-0.3, -0.25) is 0 Å². The van der Waals surface area contributed by atoms with Crippen molar-refractivity contribution in [2.24, 2.45) is 5.92 Å². The van der Waals surface area contributed by atoms with Gasteiger partial charge in [0.2, 0.25) is 0 Å². The monoisotopic (exact) mass is 349 g/mol. The molecule has 1 N–H and O–H groups in total. The molecule has 0 unspecified atom stereocenters. The standard InChI is InChI=1S/C19H15ClF3N/c20-11-8-9-17-15(10-11)12-5-3-6-13(12)18(24-17)14-4-1-2-7-16(14)19(21,22)23/h1-5,7-10,12-13,18,24H,6H2/t12-,13-,18+/m0/s1. The second-order valence-electron chi connectivity index (χ2n) is 6.29. The molecule has 2 aromatic carbocycles. The molecule has 3 atom stereocenters. The third kappa shape index (κ3) is 2.49. The van der Waals surface area contributed by atoms with Crippen molar-refractivity contribution in [3.63, 3.8) is 0 Å². The van der Waals surface area contributed by atoms with Gasteiger partial charge in [0.25, 0.3) is 0 Å². The highest BCUT2D eigenvalue weighted by atomic mass is 35.5. The van der Waals surface area contributed by atoms with Crippen LogP contribution in [0.2, 0.25) is 5.02 Å². The van der Waals surface area contributed by atoms with E-state index >= 15 is 0 Å². The minimum Gasteiger partial charge on any atom is -0.378 e. The van der Waals surface area contributed by atoms with Gasteiger partial charge in [0, 0.05) is 16.6 Å². The van der Waals surface area contributed by atoms with E-state index in [9.17, 15) is 13.2 Å². The van der Waals surface area contributed by atoms with Crippen LogP contribution in [0.15, 0.2) is 54.6 Å². The molecule has 124 valence electrons. The molecule has 0 saturated heterocycles. The number of hydrogen-bond donors (Lipinski definition) is 1. The highest BCUT2D eigenvalue weighted by molar-refractivity contribution is 6.30. The molecule has 2 aromatic rings. The summed E-state index contributed by atoms with van der Waals surface area (Å²) in [6.07, 6.45) is 0.528. The summed E-state index contributed by atoms with van der Waals surface area (Å²) in [5.41, 5.74) is 1.66. The first-order valence-corrected chi connectivity index (χ1v) is 8.22. The predicted molar refractivity (Wildman–Crippen MR) is 89.2 cm³/mol. The van der Waals surface area contributed by atoms with Crippen molar-refractivity contribution >= 4 is 17.3 Å². The Bertz CT molecular complexity index is 812. The second kappa shape index (κ2) is 5.55. The number of anilines is 1. The average Bonchev–Trinajstić information content (AvgIpc) is 3.03. The fourth-order valence-electron chi connectivity index (χ4n) is 3.90. The lowest BCUT2D eigenvalue weighted by Crippen LogP contribution is -2.30. The molecule has 0 fully saturated rings. The minimum atomic E-state index is -4.36.